The van der Waals surface area contributed by atoms with Crippen LogP contribution in [-0.4, -0.2) is 11.2 Å². The summed E-state index contributed by atoms with van der Waals surface area (Å²) in [4.78, 5) is 0. The van der Waals surface area contributed by atoms with Gasteiger partial charge in [0.15, 0.2) is 0 Å². The average molecular weight is 417 g/mol. The molecule has 0 rings (SSSR count). The maximum atomic E-state index is 10.5. The summed E-state index contributed by atoms with van der Waals surface area (Å²) in [6, 6.07) is 0. The lowest BCUT2D eigenvalue weighted by Crippen LogP contribution is -2.14. The highest BCUT2D eigenvalue weighted by atomic mass is 16.3. The van der Waals surface area contributed by atoms with E-state index in [9.17, 15) is 5.11 Å². The van der Waals surface area contributed by atoms with Crippen LogP contribution < -0.4 is 12.3 Å². The lowest BCUT2D eigenvalue weighted by atomic mass is 9.89. The van der Waals surface area contributed by atoms with Crippen LogP contribution in [0, 0.1) is 11.8 Å². The van der Waals surface area contributed by atoms with Gasteiger partial charge in [-0.1, -0.05) is 137 Å². The average Bonchev–Trinajstić information content (AvgIpc) is 2.67. The number of aliphatic hydroxyl groups is 1. The molecule has 0 radical (unpaired) electrons. The van der Waals surface area contributed by atoms with E-state index in [1.165, 1.54) is 109 Å². The van der Waals surface area contributed by atoms with E-state index in [0.29, 0.717) is 0 Å². The van der Waals surface area contributed by atoms with E-state index in [-0.39, 0.29) is 18.4 Å². The maximum Gasteiger partial charge on any atom is 0.0542 e. The van der Waals surface area contributed by atoms with Crippen LogP contribution in [-0.2, 0) is 0 Å². The number of unbranched alkanes of at least 4 members (excludes halogenated alkanes) is 7. The predicted octanol–water partition coefficient (Wildman–Crippen LogP) is 9.40. The zero-order chi connectivity index (χ0) is 20.2. The molecule has 1 atom stereocenters. The lowest BCUT2D eigenvalue weighted by Gasteiger charge is -2.20. The van der Waals surface area contributed by atoms with Crippen molar-refractivity contribution >= 4 is 0 Å². The van der Waals surface area contributed by atoms with Gasteiger partial charge in [-0.25, -0.2) is 0 Å². The van der Waals surface area contributed by atoms with Crippen molar-refractivity contribution in [1.29, 1.82) is 0 Å². The molecule has 0 saturated carbocycles. The third-order valence-electron chi connectivity index (χ3n) is 6.37. The summed E-state index contributed by atoms with van der Waals surface area (Å²) < 4.78 is 0. The molecule has 0 aromatic carbocycles. The summed E-state index contributed by atoms with van der Waals surface area (Å²) in [6.45, 7) is 9.19. The molecule has 0 spiro atoms. The third-order valence-corrected chi connectivity index (χ3v) is 6.37. The summed E-state index contributed by atoms with van der Waals surface area (Å²) in [5, 5.41) is 10.5. The minimum absolute atomic E-state index is 0. The molecular weight excluding hydrogens is 356 g/mol. The summed E-state index contributed by atoms with van der Waals surface area (Å²) in [7, 11) is 0. The normalized spacial score (nSPS) is 12.1. The third kappa shape index (κ3) is 22.4. The maximum absolute atomic E-state index is 10.5. The summed E-state index contributed by atoms with van der Waals surface area (Å²) in [5.41, 5.74) is 0. The monoisotopic (exact) mass is 416 g/mol. The van der Waals surface area contributed by atoms with E-state index in [1.54, 1.807) is 0 Å². The Labute approximate surface area is 185 Å². The Morgan fingerprint density at radius 3 is 1.21 bits per heavy atom. The van der Waals surface area contributed by atoms with Crippen molar-refractivity contribution in [3.05, 3.63) is 0 Å². The molecule has 0 aromatic heterocycles. The second-order valence-corrected chi connectivity index (χ2v) is 9.18. The molecule has 0 amide bonds. The van der Waals surface area contributed by atoms with E-state index in [0.717, 1.165) is 24.7 Å². The van der Waals surface area contributed by atoms with E-state index in [1.807, 2.05) is 0 Å². The standard InChI is InChI=1S/C26H54O.2H3N/c1-5-9-17-24(18-10-6-2)21-15-13-14-16-22-26(27)23-25(19-11-7-3)20-12-8-4;;/h24-27H,5-23H2,1-4H3;2*1H3. The molecule has 0 aliphatic rings. The van der Waals surface area contributed by atoms with Gasteiger partial charge in [0.05, 0.1) is 6.10 Å². The highest BCUT2D eigenvalue weighted by molar-refractivity contribution is 4.67. The van der Waals surface area contributed by atoms with Crippen LogP contribution in [0.15, 0.2) is 0 Å². The largest absolute Gasteiger partial charge is 0.393 e. The van der Waals surface area contributed by atoms with Gasteiger partial charge in [0.2, 0.25) is 0 Å². The number of hydrogen-bond donors (Lipinski definition) is 3. The van der Waals surface area contributed by atoms with Crippen LogP contribution in [0.25, 0.3) is 0 Å². The van der Waals surface area contributed by atoms with E-state index < -0.39 is 0 Å². The van der Waals surface area contributed by atoms with Crippen LogP contribution in [0.2, 0.25) is 0 Å². The fourth-order valence-corrected chi connectivity index (χ4v) is 4.45. The van der Waals surface area contributed by atoms with Crippen molar-refractivity contribution in [2.45, 2.75) is 156 Å². The highest BCUT2D eigenvalue weighted by Gasteiger charge is 2.14. The van der Waals surface area contributed by atoms with E-state index >= 15 is 0 Å². The SMILES string of the molecule is CCCCC(CCCC)CCCCCCC(O)CC(CCCC)CCCC.N.N. The van der Waals surface area contributed by atoms with Crippen LogP contribution in [0.4, 0.5) is 0 Å². The Kier molecular flexibility index (Phi) is 30.0. The van der Waals surface area contributed by atoms with Crippen molar-refractivity contribution in [2.75, 3.05) is 0 Å². The molecule has 0 aliphatic heterocycles. The van der Waals surface area contributed by atoms with Gasteiger partial charge in [-0.2, -0.15) is 0 Å². The fourth-order valence-electron chi connectivity index (χ4n) is 4.45. The van der Waals surface area contributed by atoms with E-state index in [2.05, 4.69) is 27.7 Å². The molecule has 0 saturated heterocycles. The van der Waals surface area contributed by atoms with E-state index in [4.69, 9.17) is 0 Å². The van der Waals surface area contributed by atoms with Crippen LogP contribution in [0.5, 0.6) is 0 Å². The summed E-state index contributed by atoms with van der Waals surface area (Å²) >= 11 is 0. The Balaban J connectivity index is -0.00000338. The van der Waals surface area contributed by atoms with Crippen LogP contribution in [0.1, 0.15) is 150 Å². The molecule has 0 bridgehead atoms. The first-order valence-corrected chi connectivity index (χ1v) is 12.9. The zero-order valence-corrected chi connectivity index (χ0v) is 21.0. The Bertz CT molecular complexity index is 270. The second-order valence-electron chi connectivity index (χ2n) is 9.18. The highest BCUT2D eigenvalue weighted by Crippen LogP contribution is 2.25. The molecule has 180 valence electrons. The first kappa shape index (κ1) is 33.5. The first-order chi connectivity index (χ1) is 13.2. The zero-order valence-electron chi connectivity index (χ0n) is 21.0. The van der Waals surface area contributed by atoms with Crippen molar-refractivity contribution in [3.63, 3.8) is 0 Å². The van der Waals surface area contributed by atoms with Gasteiger partial charge >= 0.3 is 0 Å². The van der Waals surface area contributed by atoms with Crippen molar-refractivity contribution in [2.24, 2.45) is 11.8 Å². The Morgan fingerprint density at radius 1 is 0.448 bits per heavy atom. The van der Waals surface area contributed by atoms with Crippen molar-refractivity contribution in [3.8, 4) is 0 Å². The molecule has 7 N–H and O–H groups in total. The van der Waals surface area contributed by atoms with Gasteiger partial charge in [0, 0.05) is 0 Å². The summed E-state index contributed by atoms with van der Waals surface area (Å²) in [5.74, 6) is 1.74. The Hall–Kier alpha value is -0.120. The minimum Gasteiger partial charge on any atom is -0.393 e. The van der Waals surface area contributed by atoms with Gasteiger partial charge in [-0.3, -0.25) is 0 Å². The molecule has 0 aliphatic carbocycles. The van der Waals surface area contributed by atoms with Crippen molar-refractivity contribution in [1.82, 2.24) is 12.3 Å². The van der Waals surface area contributed by atoms with Crippen molar-refractivity contribution < 1.29 is 5.11 Å². The molecule has 1 unspecified atom stereocenters. The van der Waals surface area contributed by atoms with Gasteiger partial charge in [-0.15, -0.1) is 0 Å². The Morgan fingerprint density at radius 2 is 0.793 bits per heavy atom. The molecule has 3 heteroatoms. The quantitative estimate of drug-likeness (QED) is 0.163. The van der Waals surface area contributed by atoms with Gasteiger partial charge in [0.25, 0.3) is 0 Å². The summed E-state index contributed by atoms with van der Waals surface area (Å²) in [6.07, 6.45) is 25.1. The molecule has 29 heavy (non-hydrogen) atoms. The number of hydrogen-bond acceptors (Lipinski definition) is 3. The number of aliphatic hydroxyl groups excluding tert-OH is 1. The van der Waals surface area contributed by atoms with Gasteiger partial charge < -0.3 is 17.4 Å². The van der Waals surface area contributed by atoms with Crippen LogP contribution in [0.3, 0.4) is 0 Å². The fraction of sp³-hybridized carbons (Fsp3) is 1.00. The van der Waals surface area contributed by atoms with Crippen LogP contribution >= 0.6 is 0 Å². The second kappa shape index (κ2) is 25.9. The molecule has 0 heterocycles. The first-order valence-electron chi connectivity index (χ1n) is 12.9. The molecule has 0 fully saturated rings. The molecule has 0 aromatic rings. The minimum atomic E-state index is -0.0504. The van der Waals surface area contributed by atoms with Gasteiger partial charge in [-0.05, 0) is 24.7 Å². The lowest BCUT2D eigenvalue weighted by molar-refractivity contribution is 0.123. The smallest absolute Gasteiger partial charge is 0.0542 e. The van der Waals surface area contributed by atoms with Gasteiger partial charge in [0.1, 0.15) is 0 Å². The predicted molar refractivity (Wildman–Crippen MR) is 133 cm³/mol. The number of rotatable bonds is 21. The molecule has 3 nitrogen and oxygen atoms in total. The molecular formula is C26H60N2O. The topological polar surface area (TPSA) is 90.2 Å².